The van der Waals surface area contributed by atoms with Gasteiger partial charge >= 0.3 is 0 Å². The molecule has 170 valence electrons. The van der Waals surface area contributed by atoms with Crippen LogP contribution in [0.15, 0.2) is 47.4 Å². The summed E-state index contributed by atoms with van der Waals surface area (Å²) >= 11 is 6.03. The number of imidazole rings is 1. The number of hydrogen-bond acceptors (Lipinski definition) is 5. The molecule has 0 unspecified atom stereocenters. The summed E-state index contributed by atoms with van der Waals surface area (Å²) in [7, 11) is -1.79. The summed E-state index contributed by atoms with van der Waals surface area (Å²) in [4.78, 5) is 17.5. The second-order valence-electron chi connectivity index (χ2n) is 7.70. The molecule has 0 spiro atoms. The Kier molecular flexibility index (Phi) is 6.41. The molecule has 1 aromatic heterocycles. The van der Waals surface area contributed by atoms with Crippen molar-refractivity contribution in [2.45, 2.75) is 24.7 Å². The lowest BCUT2D eigenvalue weighted by atomic mass is 9.97. The molecule has 1 N–H and O–H groups in total. The van der Waals surface area contributed by atoms with E-state index >= 15 is 0 Å². The molecule has 1 aliphatic heterocycles. The van der Waals surface area contributed by atoms with Crippen molar-refractivity contribution >= 4 is 44.5 Å². The Hall–Kier alpha value is -2.62. The number of anilines is 1. The van der Waals surface area contributed by atoms with Crippen LogP contribution in [0.3, 0.4) is 0 Å². The summed E-state index contributed by atoms with van der Waals surface area (Å²) in [5, 5.41) is 3.46. The molecule has 0 atom stereocenters. The number of ether oxygens (including phenoxy) is 1. The average molecular weight is 477 g/mol. The van der Waals surface area contributed by atoms with Gasteiger partial charge in [-0.05, 0) is 62.2 Å². The van der Waals surface area contributed by atoms with Gasteiger partial charge in [0.25, 0.3) is 0 Å². The standard InChI is InChI=1S/C22H25ClN4O4S/c1-3-31-17-5-7-18(8-6-17)32(29,30)27-12-10-15(11-13-27)21(28)25-22-24-19-14-16(23)4-9-20(19)26(22)2/h4-9,14-15H,3,10-13H2,1-2H3,(H,24,25,28). The molecule has 2 heterocycles. The average Bonchev–Trinajstić information content (AvgIpc) is 3.08. The van der Waals surface area contributed by atoms with E-state index in [4.69, 9.17) is 16.3 Å². The number of amides is 1. The van der Waals surface area contributed by atoms with Gasteiger partial charge in [-0.15, -0.1) is 0 Å². The number of carbonyl (C=O) groups is 1. The summed E-state index contributed by atoms with van der Waals surface area (Å²) in [6, 6.07) is 11.8. The fourth-order valence-corrected chi connectivity index (χ4v) is 5.51. The van der Waals surface area contributed by atoms with Gasteiger partial charge in [-0.2, -0.15) is 4.31 Å². The minimum Gasteiger partial charge on any atom is -0.494 e. The van der Waals surface area contributed by atoms with Crippen LogP contribution in [0.2, 0.25) is 5.02 Å². The van der Waals surface area contributed by atoms with Crippen LogP contribution >= 0.6 is 11.6 Å². The summed E-state index contributed by atoms with van der Waals surface area (Å²) in [6.07, 6.45) is 0.885. The molecule has 1 saturated heterocycles. The third kappa shape index (κ3) is 4.46. The molecule has 10 heteroatoms. The van der Waals surface area contributed by atoms with Gasteiger partial charge in [-0.3, -0.25) is 10.1 Å². The first-order chi connectivity index (χ1) is 15.3. The number of aryl methyl sites for hydroxylation is 1. The second-order valence-corrected chi connectivity index (χ2v) is 10.1. The van der Waals surface area contributed by atoms with Crippen molar-refractivity contribution in [3.8, 4) is 5.75 Å². The summed E-state index contributed by atoms with van der Waals surface area (Å²) in [6.45, 7) is 2.96. The van der Waals surface area contributed by atoms with Crippen LogP contribution in [0.5, 0.6) is 5.75 Å². The van der Waals surface area contributed by atoms with Gasteiger partial charge in [-0.25, -0.2) is 13.4 Å². The quantitative estimate of drug-likeness (QED) is 0.586. The number of nitrogens with zero attached hydrogens (tertiary/aromatic N) is 3. The number of rotatable bonds is 6. The van der Waals surface area contributed by atoms with Crippen LogP contribution in [0.25, 0.3) is 11.0 Å². The summed E-state index contributed by atoms with van der Waals surface area (Å²) < 4.78 is 34.5. The largest absolute Gasteiger partial charge is 0.494 e. The van der Waals surface area contributed by atoms with Crippen molar-refractivity contribution in [2.24, 2.45) is 13.0 Å². The zero-order valence-electron chi connectivity index (χ0n) is 17.9. The molecule has 32 heavy (non-hydrogen) atoms. The van der Waals surface area contributed by atoms with E-state index in [2.05, 4.69) is 10.3 Å². The van der Waals surface area contributed by atoms with Gasteiger partial charge in [-0.1, -0.05) is 11.6 Å². The van der Waals surface area contributed by atoms with E-state index < -0.39 is 10.0 Å². The second kappa shape index (κ2) is 9.09. The monoisotopic (exact) mass is 476 g/mol. The van der Waals surface area contributed by atoms with Gasteiger partial charge in [0.15, 0.2) is 0 Å². The van der Waals surface area contributed by atoms with Gasteiger partial charge in [0.1, 0.15) is 5.75 Å². The zero-order valence-corrected chi connectivity index (χ0v) is 19.5. The zero-order chi connectivity index (χ0) is 22.9. The number of halogens is 1. The highest BCUT2D eigenvalue weighted by atomic mass is 35.5. The Morgan fingerprint density at radius 2 is 1.88 bits per heavy atom. The highest BCUT2D eigenvalue weighted by Gasteiger charge is 2.32. The van der Waals surface area contributed by atoms with E-state index in [0.717, 1.165) is 5.52 Å². The van der Waals surface area contributed by atoms with E-state index in [1.807, 2.05) is 20.0 Å². The van der Waals surface area contributed by atoms with Crippen LogP contribution < -0.4 is 10.1 Å². The van der Waals surface area contributed by atoms with Crippen molar-refractivity contribution < 1.29 is 17.9 Å². The van der Waals surface area contributed by atoms with Crippen LogP contribution in [-0.2, 0) is 21.9 Å². The van der Waals surface area contributed by atoms with Gasteiger partial charge in [0.05, 0.1) is 22.5 Å². The van der Waals surface area contributed by atoms with Crippen molar-refractivity contribution in [2.75, 3.05) is 25.0 Å². The van der Waals surface area contributed by atoms with Crippen LogP contribution in [0, 0.1) is 5.92 Å². The number of nitrogens with one attached hydrogen (secondary N) is 1. The number of hydrogen-bond donors (Lipinski definition) is 1. The lowest BCUT2D eigenvalue weighted by Gasteiger charge is -2.30. The van der Waals surface area contributed by atoms with Crippen LogP contribution in [-0.4, -0.2) is 47.9 Å². The predicted octanol–water partition coefficient (Wildman–Crippen LogP) is 3.66. The van der Waals surface area contributed by atoms with Gasteiger partial charge in [0.2, 0.25) is 21.9 Å². The lowest BCUT2D eigenvalue weighted by molar-refractivity contribution is -0.121. The summed E-state index contributed by atoms with van der Waals surface area (Å²) in [5.41, 5.74) is 1.56. The topological polar surface area (TPSA) is 93.5 Å². The molecule has 1 amide bonds. The molecular weight excluding hydrogens is 452 g/mol. The third-order valence-electron chi connectivity index (χ3n) is 5.68. The molecule has 0 radical (unpaired) electrons. The van der Waals surface area contributed by atoms with Crippen molar-refractivity contribution in [3.05, 3.63) is 47.5 Å². The molecule has 2 aromatic carbocycles. The summed E-state index contributed by atoms with van der Waals surface area (Å²) in [5.74, 6) is 0.626. The molecule has 3 aromatic rings. The molecular formula is C22H25ClN4O4S. The molecule has 0 saturated carbocycles. The number of piperidine rings is 1. The number of carbonyl (C=O) groups excluding carboxylic acids is 1. The maximum absolute atomic E-state index is 13.0. The third-order valence-corrected chi connectivity index (χ3v) is 7.82. The van der Waals surface area contributed by atoms with Crippen LogP contribution in [0.4, 0.5) is 5.95 Å². The van der Waals surface area contributed by atoms with E-state index in [1.54, 1.807) is 41.0 Å². The highest BCUT2D eigenvalue weighted by Crippen LogP contribution is 2.27. The molecule has 0 bridgehead atoms. The Morgan fingerprint density at radius 1 is 1.19 bits per heavy atom. The fourth-order valence-electron chi connectivity index (χ4n) is 3.88. The number of fused-ring (bicyclic) bond motifs is 1. The molecule has 4 rings (SSSR count). The van der Waals surface area contributed by atoms with E-state index in [9.17, 15) is 13.2 Å². The molecule has 1 aliphatic rings. The highest BCUT2D eigenvalue weighted by molar-refractivity contribution is 7.89. The van der Waals surface area contributed by atoms with Crippen molar-refractivity contribution in [1.29, 1.82) is 0 Å². The lowest BCUT2D eigenvalue weighted by Crippen LogP contribution is -2.41. The Balaban J connectivity index is 1.40. The first-order valence-electron chi connectivity index (χ1n) is 10.5. The minimum absolute atomic E-state index is 0.160. The predicted molar refractivity (Wildman–Crippen MR) is 123 cm³/mol. The Morgan fingerprint density at radius 3 is 2.53 bits per heavy atom. The molecule has 8 nitrogen and oxygen atoms in total. The number of aromatic nitrogens is 2. The van der Waals surface area contributed by atoms with E-state index in [-0.39, 0.29) is 29.8 Å². The maximum atomic E-state index is 13.0. The van der Waals surface area contributed by atoms with Crippen molar-refractivity contribution in [3.63, 3.8) is 0 Å². The first-order valence-corrected chi connectivity index (χ1v) is 12.3. The fraction of sp³-hybridized carbons (Fsp3) is 0.364. The Labute approximate surface area is 192 Å². The maximum Gasteiger partial charge on any atom is 0.243 e. The molecule has 1 fully saturated rings. The number of sulfonamides is 1. The van der Waals surface area contributed by atoms with Crippen LogP contribution in [0.1, 0.15) is 19.8 Å². The molecule has 0 aliphatic carbocycles. The van der Waals surface area contributed by atoms with E-state index in [1.165, 1.54) is 4.31 Å². The SMILES string of the molecule is CCOc1ccc(S(=O)(=O)N2CCC(C(=O)Nc3nc4cc(Cl)ccc4n3C)CC2)cc1. The first kappa shape index (κ1) is 22.6. The normalized spacial score (nSPS) is 15.7. The van der Waals surface area contributed by atoms with Crippen molar-refractivity contribution in [1.82, 2.24) is 13.9 Å². The van der Waals surface area contributed by atoms with E-state index in [0.29, 0.717) is 41.7 Å². The van der Waals surface area contributed by atoms with Gasteiger partial charge < -0.3 is 9.30 Å². The minimum atomic E-state index is -3.61. The number of benzene rings is 2. The smallest absolute Gasteiger partial charge is 0.243 e. The Bertz CT molecular complexity index is 1230. The van der Waals surface area contributed by atoms with Gasteiger partial charge in [0, 0.05) is 31.1 Å².